The molecule has 1 heterocycles. The van der Waals surface area contributed by atoms with Crippen molar-refractivity contribution in [1.82, 2.24) is 14.5 Å². The van der Waals surface area contributed by atoms with E-state index in [-0.39, 0.29) is 11.7 Å². The Labute approximate surface area is 127 Å². The first kappa shape index (κ1) is 16.7. The van der Waals surface area contributed by atoms with Crippen LogP contribution >= 0.6 is 0 Å². The van der Waals surface area contributed by atoms with Gasteiger partial charge in [-0.25, -0.2) is 13.1 Å². The van der Waals surface area contributed by atoms with Crippen molar-refractivity contribution in [3.05, 3.63) is 0 Å². The average molecular weight is 317 g/mol. The van der Waals surface area contributed by atoms with Gasteiger partial charge in [0.25, 0.3) is 0 Å². The third-order valence-electron chi connectivity index (χ3n) is 4.47. The van der Waals surface area contributed by atoms with Gasteiger partial charge in [0, 0.05) is 25.6 Å². The number of nitrogens with zero attached hydrogens (tertiary/aromatic N) is 2. The van der Waals surface area contributed by atoms with E-state index in [0.29, 0.717) is 18.5 Å². The van der Waals surface area contributed by atoms with Crippen LogP contribution in [0.1, 0.15) is 39.0 Å². The lowest BCUT2D eigenvalue weighted by Gasteiger charge is -2.30. The van der Waals surface area contributed by atoms with Crippen LogP contribution in [0.5, 0.6) is 0 Å². The van der Waals surface area contributed by atoms with Crippen LogP contribution in [0.3, 0.4) is 0 Å². The Morgan fingerprint density at radius 3 is 2.62 bits per heavy atom. The Kier molecular flexibility index (Phi) is 5.62. The number of carbonyl (C=O) groups excluding carboxylic acids is 1. The molecule has 6 nitrogen and oxygen atoms in total. The molecule has 1 aliphatic heterocycles. The molecule has 1 atom stereocenters. The Morgan fingerprint density at radius 2 is 2.05 bits per heavy atom. The first-order valence-electron chi connectivity index (χ1n) is 7.85. The second kappa shape index (κ2) is 7.07. The van der Waals surface area contributed by atoms with Crippen molar-refractivity contribution in [3.63, 3.8) is 0 Å². The minimum absolute atomic E-state index is 0.169. The molecule has 2 fully saturated rings. The van der Waals surface area contributed by atoms with E-state index >= 15 is 0 Å². The van der Waals surface area contributed by atoms with Gasteiger partial charge >= 0.3 is 0 Å². The maximum absolute atomic E-state index is 11.7. The zero-order chi connectivity index (χ0) is 15.5. The fourth-order valence-corrected chi connectivity index (χ4v) is 3.82. The summed E-state index contributed by atoms with van der Waals surface area (Å²) < 4.78 is 25.2. The number of hydrogen-bond acceptors (Lipinski definition) is 4. The summed E-state index contributed by atoms with van der Waals surface area (Å²) in [6.07, 6.45) is 5.15. The second-order valence-electron chi connectivity index (χ2n) is 6.11. The number of hydrogen-bond donors (Lipinski definition) is 1. The van der Waals surface area contributed by atoms with Gasteiger partial charge in [-0.1, -0.05) is 0 Å². The van der Waals surface area contributed by atoms with Gasteiger partial charge in [0.05, 0.1) is 5.75 Å². The van der Waals surface area contributed by atoms with Crippen LogP contribution in [0.25, 0.3) is 0 Å². The molecule has 0 aromatic heterocycles. The zero-order valence-electron chi connectivity index (χ0n) is 13.0. The standard InChI is InChI=1S/C14H27N3O3S/c1-12(18)17(13-6-7-13)11-14-5-3-8-16(14)9-4-10-21(19,20)15-2/h13-15H,3-11H2,1-2H3/t14-/m0/s1. The average Bonchev–Trinajstić information content (AvgIpc) is 3.17. The van der Waals surface area contributed by atoms with Gasteiger partial charge in [-0.05, 0) is 52.2 Å². The Balaban J connectivity index is 1.81. The number of carbonyl (C=O) groups is 1. The van der Waals surface area contributed by atoms with Crippen LogP contribution in [-0.4, -0.2) is 68.6 Å². The first-order chi connectivity index (χ1) is 9.93. The second-order valence-corrected chi connectivity index (χ2v) is 8.16. The summed E-state index contributed by atoms with van der Waals surface area (Å²) in [4.78, 5) is 16.1. The molecule has 1 saturated carbocycles. The highest BCUT2D eigenvalue weighted by Gasteiger charge is 2.34. The molecule has 0 radical (unpaired) electrons. The van der Waals surface area contributed by atoms with E-state index in [1.807, 2.05) is 4.90 Å². The van der Waals surface area contributed by atoms with E-state index in [0.717, 1.165) is 45.3 Å². The number of nitrogens with one attached hydrogen (secondary N) is 1. The molecule has 2 aliphatic rings. The highest BCUT2D eigenvalue weighted by Crippen LogP contribution is 2.29. The normalized spacial score (nSPS) is 23.4. The number of likely N-dealkylation sites (tertiary alicyclic amines) is 1. The van der Waals surface area contributed by atoms with Crippen LogP contribution in [0, 0.1) is 0 Å². The summed E-state index contributed by atoms with van der Waals surface area (Å²) >= 11 is 0. The van der Waals surface area contributed by atoms with Crippen molar-refractivity contribution in [2.45, 2.75) is 51.1 Å². The fraction of sp³-hybridized carbons (Fsp3) is 0.929. The van der Waals surface area contributed by atoms with Crippen molar-refractivity contribution < 1.29 is 13.2 Å². The lowest BCUT2D eigenvalue weighted by atomic mass is 10.2. The van der Waals surface area contributed by atoms with Crippen LogP contribution in [0.4, 0.5) is 0 Å². The maximum Gasteiger partial charge on any atom is 0.219 e. The van der Waals surface area contributed by atoms with E-state index in [9.17, 15) is 13.2 Å². The molecule has 2 rings (SSSR count). The molecule has 122 valence electrons. The predicted molar refractivity (Wildman–Crippen MR) is 82.5 cm³/mol. The molecule has 7 heteroatoms. The number of sulfonamides is 1. The molecule has 0 bridgehead atoms. The van der Waals surface area contributed by atoms with Gasteiger partial charge in [0.15, 0.2) is 0 Å². The van der Waals surface area contributed by atoms with E-state index in [1.54, 1.807) is 6.92 Å². The number of rotatable bonds is 8. The molecule has 1 N–H and O–H groups in total. The van der Waals surface area contributed by atoms with Gasteiger partial charge < -0.3 is 4.90 Å². The Morgan fingerprint density at radius 1 is 1.33 bits per heavy atom. The lowest BCUT2D eigenvalue weighted by Crippen LogP contribution is -2.44. The Bertz CT molecular complexity index is 462. The topological polar surface area (TPSA) is 69.7 Å². The van der Waals surface area contributed by atoms with Gasteiger partial charge in [-0.2, -0.15) is 0 Å². The van der Waals surface area contributed by atoms with Crippen LogP contribution in [0.2, 0.25) is 0 Å². The van der Waals surface area contributed by atoms with E-state index in [2.05, 4.69) is 9.62 Å². The van der Waals surface area contributed by atoms with Crippen molar-refractivity contribution in [3.8, 4) is 0 Å². The third kappa shape index (κ3) is 4.93. The highest BCUT2D eigenvalue weighted by molar-refractivity contribution is 7.89. The van der Waals surface area contributed by atoms with Crippen LogP contribution in [0.15, 0.2) is 0 Å². The quantitative estimate of drug-likeness (QED) is 0.703. The summed E-state index contributed by atoms with van der Waals surface area (Å²) in [6, 6.07) is 0.849. The predicted octanol–water partition coefficient (Wildman–Crippen LogP) is 0.401. The van der Waals surface area contributed by atoms with Crippen molar-refractivity contribution in [1.29, 1.82) is 0 Å². The van der Waals surface area contributed by atoms with E-state index in [4.69, 9.17) is 0 Å². The molecule has 0 aromatic carbocycles. The monoisotopic (exact) mass is 317 g/mol. The summed E-state index contributed by atoms with van der Waals surface area (Å²) in [5.41, 5.74) is 0. The molecule has 1 amide bonds. The Hall–Kier alpha value is -0.660. The molecular formula is C14H27N3O3S. The maximum atomic E-state index is 11.7. The van der Waals surface area contributed by atoms with Crippen molar-refractivity contribution in [2.24, 2.45) is 0 Å². The summed E-state index contributed by atoms with van der Waals surface area (Å²) in [5.74, 6) is 0.341. The van der Waals surface area contributed by atoms with Crippen LogP contribution < -0.4 is 4.72 Å². The van der Waals surface area contributed by atoms with Crippen molar-refractivity contribution in [2.75, 3.05) is 32.4 Å². The lowest BCUT2D eigenvalue weighted by molar-refractivity contribution is -0.130. The smallest absolute Gasteiger partial charge is 0.219 e. The fourth-order valence-electron chi connectivity index (χ4n) is 3.10. The van der Waals surface area contributed by atoms with Gasteiger partial charge in [0.1, 0.15) is 0 Å². The largest absolute Gasteiger partial charge is 0.338 e. The first-order valence-corrected chi connectivity index (χ1v) is 9.50. The van der Waals surface area contributed by atoms with E-state index in [1.165, 1.54) is 7.05 Å². The molecule has 0 aromatic rings. The van der Waals surface area contributed by atoms with Crippen LogP contribution in [-0.2, 0) is 14.8 Å². The minimum atomic E-state index is -3.11. The molecule has 0 spiro atoms. The number of amides is 1. The summed E-state index contributed by atoms with van der Waals surface area (Å²) in [5, 5.41) is 0. The summed E-state index contributed by atoms with van der Waals surface area (Å²) in [6.45, 7) is 4.26. The molecule has 1 aliphatic carbocycles. The van der Waals surface area contributed by atoms with Crippen molar-refractivity contribution >= 4 is 15.9 Å². The molecule has 1 saturated heterocycles. The SMILES string of the molecule is CNS(=O)(=O)CCCN1CCC[C@H]1CN(C(C)=O)C1CC1. The van der Waals surface area contributed by atoms with Gasteiger partial charge in [-0.15, -0.1) is 0 Å². The minimum Gasteiger partial charge on any atom is -0.338 e. The van der Waals surface area contributed by atoms with Gasteiger partial charge in [-0.3, -0.25) is 9.69 Å². The summed E-state index contributed by atoms with van der Waals surface area (Å²) in [7, 11) is -1.66. The molecular weight excluding hydrogens is 290 g/mol. The molecule has 0 unspecified atom stereocenters. The van der Waals surface area contributed by atoms with Gasteiger partial charge in [0.2, 0.25) is 15.9 Å². The highest BCUT2D eigenvalue weighted by atomic mass is 32.2. The molecule has 21 heavy (non-hydrogen) atoms. The third-order valence-corrected chi connectivity index (χ3v) is 5.92. The van der Waals surface area contributed by atoms with E-state index < -0.39 is 10.0 Å². The zero-order valence-corrected chi connectivity index (χ0v) is 13.9.